The molecule has 0 fully saturated rings. The standard InChI is InChI=1S/C11H13NO5/c1-3-17-11(15)12-8-5-4-7(6-9(8)13)10(14)16-2/h4-6,13H,3H2,1-2H3,(H,12,15). The van der Waals surface area contributed by atoms with Crippen molar-refractivity contribution in [1.82, 2.24) is 0 Å². The number of benzene rings is 1. The number of phenolic OH excluding ortho intramolecular Hbond substituents is 1. The van der Waals surface area contributed by atoms with Crippen molar-refractivity contribution < 1.29 is 24.2 Å². The molecule has 0 saturated heterocycles. The molecular formula is C11H13NO5. The van der Waals surface area contributed by atoms with Gasteiger partial charge in [0.25, 0.3) is 0 Å². The molecule has 0 unspecified atom stereocenters. The van der Waals surface area contributed by atoms with Crippen LogP contribution in [0.2, 0.25) is 0 Å². The summed E-state index contributed by atoms with van der Waals surface area (Å²) in [7, 11) is 1.24. The number of aromatic hydroxyl groups is 1. The SMILES string of the molecule is CCOC(=O)Nc1ccc(C(=O)OC)cc1O. The molecular weight excluding hydrogens is 226 g/mol. The number of rotatable bonds is 3. The minimum absolute atomic E-state index is 0.163. The maximum absolute atomic E-state index is 11.2. The van der Waals surface area contributed by atoms with Crippen LogP contribution >= 0.6 is 0 Å². The summed E-state index contributed by atoms with van der Waals surface area (Å²) in [5.41, 5.74) is 0.357. The van der Waals surface area contributed by atoms with Crippen LogP contribution in [0, 0.1) is 0 Å². The molecule has 0 aliphatic heterocycles. The maximum atomic E-state index is 11.2. The Morgan fingerprint density at radius 3 is 2.65 bits per heavy atom. The summed E-state index contributed by atoms with van der Waals surface area (Å²) in [5, 5.41) is 11.9. The lowest BCUT2D eigenvalue weighted by atomic mass is 10.2. The second kappa shape index (κ2) is 5.74. The lowest BCUT2D eigenvalue weighted by Gasteiger charge is -2.08. The van der Waals surface area contributed by atoms with Crippen LogP contribution in [0.5, 0.6) is 5.75 Å². The van der Waals surface area contributed by atoms with Crippen LogP contribution in [0.4, 0.5) is 10.5 Å². The van der Waals surface area contributed by atoms with Gasteiger partial charge < -0.3 is 14.6 Å². The van der Waals surface area contributed by atoms with Crippen molar-refractivity contribution in [2.75, 3.05) is 19.0 Å². The first-order valence-electron chi connectivity index (χ1n) is 4.93. The third kappa shape index (κ3) is 3.37. The smallest absolute Gasteiger partial charge is 0.411 e. The van der Waals surface area contributed by atoms with Gasteiger partial charge in [-0.15, -0.1) is 0 Å². The maximum Gasteiger partial charge on any atom is 0.411 e. The Hall–Kier alpha value is -2.24. The van der Waals surface area contributed by atoms with Gasteiger partial charge in [0.15, 0.2) is 0 Å². The van der Waals surface area contributed by atoms with Gasteiger partial charge in [-0.3, -0.25) is 5.32 Å². The summed E-state index contributed by atoms with van der Waals surface area (Å²) in [4.78, 5) is 22.3. The van der Waals surface area contributed by atoms with Gasteiger partial charge >= 0.3 is 12.1 Å². The van der Waals surface area contributed by atoms with Crippen molar-refractivity contribution in [1.29, 1.82) is 0 Å². The predicted octanol–water partition coefficient (Wildman–Crippen LogP) is 1.75. The monoisotopic (exact) mass is 239 g/mol. The second-order valence-electron chi connectivity index (χ2n) is 3.07. The molecule has 0 bridgehead atoms. The molecule has 92 valence electrons. The minimum atomic E-state index is -0.673. The van der Waals surface area contributed by atoms with E-state index in [0.29, 0.717) is 0 Å². The molecule has 2 N–H and O–H groups in total. The molecule has 1 rings (SSSR count). The van der Waals surface area contributed by atoms with E-state index in [9.17, 15) is 14.7 Å². The van der Waals surface area contributed by atoms with Crippen LogP contribution < -0.4 is 5.32 Å². The van der Waals surface area contributed by atoms with Crippen LogP contribution in [0.15, 0.2) is 18.2 Å². The lowest BCUT2D eigenvalue weighted by molar-refractivity contribution is 0.0600. The molecule has 0 aromatic heterocycles. The number of amides is 1. The van der Waals surface area contributed by atoms with Crippen LogP contribution in [0.1, 0.15) is 17.3 Å². The average Bonchev–Trinajstić information content (AvgIpc) is 2.31. The van der Waals surface area contributed by atoms with E-state index >= 15 is 0 Å². The van der Waals surface area contributed by atoms with Gasteiger partial charge in [0.2, 0.25) is 0 Å². The predicted molar refractivity (Wildman–Crippen MR) is 60.1 cm³/mol. The molecule has 6 nitrogen and oxygen atoms in total. The van der Waals surface area contributed by atoms with Crippen molar-refractivity contribution >= 4 is 17.7 Å². The Labute approximate surface area is 98.2 Å². The fourth-order valence-electron chi connectivity index (χ4n) is 1.16. The summed E-state index contributed by atoms with van der Waals surface area (Å²) in [6, 6.07) is 4.01. The molecule has 0 saturated carbocycles. The highest BCUT2D eigenvalue weighted by Gasteiger charge is 2.11. The number of phenols is 1. The first-order chi connectivity index (χ1) is 8.08. The molecule has 0 aliphatic rings. The highest BCUT2D eigenvalue weighted by Crippen LogP contribution is 2.24. The number of nitrogens with one attached hydrogen (secondary N) is 1. The third-order valence-corrected chi connectivity index (χ3v) is 1.93. The number of anilines is 1. The number of hydrogen-bond acceptors (Lipinski definition) is 5. The van der Waals surface area contributed by atoms with Crippen molar-refractivity contribution in [2.45, 2.75) is 6.92 Å². The lowest BCUT2D eigenvalue weighted by Crippen LogP contribution is -2.13. The summed E-state index contributed by atoms with van der Waals surface area (Å²) < 4.78 is 9.14. The van der Waals surface area contributed by atoms with Crippen LogP contribution in [-0.4, -0.2) is 30.9 Å². The molecule has 0 atom stereocenters. The fourth-order valence-corrected chi connectivity index (χ4v) is 1.16. The summed E-state index contributed by atoms with van der Waals surface area (Å²) in [6.45, 7) is 1.90. The summed E-state index contributed by atoms with van der Waals surface area (Å²) in [5.74, 6) is -0.802. The Kier molecular flexibility index (Phi) is 4.33. The van der Waals surface area contributed by atoms with E-state index in [1.807, 2.05) is 0 Å². The molecule has 1 aromatic carbocycles. The molecule has 1 amide bonds. The molecule has 0 spiro atoms. The van der Waals surface area contributed by atoms with Crippen molar-refractivity contribution in [3.63, 3.8) is 0 Å². The average molecular weight is 239 g/mol. The summed E-state index contributed by atoms with van der Waals surface area (Å²) >= 11 is 0. The van der Waals surface area contributed by atoms with E-state index in [0.717, 1.165) is 0 Å². The topological polar surface area (TPSA) is 84.9 Å². The van der Waals surface area contributed by atoms with E-state index in [-0.39, 0.29) is 23.6 Å². The van der Waals surface area contributed by atoms with E-state index < -0.39 is 12.1 Å². The molecule has 17 heavy (non-hydrogen) atoms. The third-order valence-electron chi connectivity index (χ3n) is 1.93. The van der Waals surface area contributed by atoms with Crippen LogP contribution in [0.25, 0.3) is 0 Å². The van der Waals surface area contributed by atoms with Gasteiger partial charge in [0, 0.05) is 0 Å². The van der Waals surface area contributed by atoms with Crippen molar-refractivity contribution in [2.24, 2.45) is 0 Å². The number of ether oxygens (including phenoxy) is 2. The highest BCUT2D eigenvalue weighted by atomic mass is 16.5. The Balaban J connectivity index is 2.83. The number of carbonyl (C=O) groups excluding carboxylic acids is 2. The second-order valence-corrected chi connectivity index (χ2v) is 3.07. The zero-order valence-electron chi connectivity index (χ0n) is 9.52. The van der Waals surface area contributed by atoms with Gasteiger partial charge in [0.05, 0.1) is 25.0 Å². The quantitative estimate of drug-likeness (QED) is 0.620. The largest absolute Gasteiger partial charge is 0.506 e. The highest BCUT2D eigenvalue weighted by molar-refractivity contribution is 5.92. The van der Waals surface area contributed by atoms with Gasteiger partial charge in [-0.2, -0.15) is 0 Å². The van der Waals surface area contributed by atoms with Crippen molar-refractivity contribution in [3.05, 3.63) is 23.8 Å². The Morgan fingerprint density at radius 1 is 1.41 bits per heavy atom. The fraction of sp³-hybridized carbons (Fsp3) is 0.273. The van der Waals surface area contributed by atoms with E-state index in [1.54, 1.807) is 6.92 Å². The number of hydrogen-bond donors (Lipinski definition) is 2. The first kappa shape index (κ1) is 12.8. The van der Waals surface area contributed by atoms with E-state index in [2.05, 4.69) is 14.8 Å². The molecule has 0 radical (unpaired) electrons. The van der Waals surface area contributed by atoms with E-state index in [1.165, 1.54) is 25.3 Å². The van der Waals surface area contributed by atoms with Gasteiger partial charge in [-0.1, -0.05) is 0 Å². The van der Waals surface area contributed by atoms with Gasteiger partial charge in [-0.05, 0) is 25.1 Å². The van der Waals surface area contributed by atoms with Gasteiger partial charge in [0.1, 0.15) is 5.75 Å². The summed E-state index contributed by atoms with van der Waals surface area (Å²) in [6.07, 6.45) is -0.673. The number of esters is 1. The zero-order chi connectivity index (χ0) is 12.8. The van der Waals surface area contributed by atoms with Gasteiger partial charge in [-0.25, -0.2) is 9.59 Å². The van der Waals surface area contributed by atoms with Crippen LogP contribution in [0.3, 0.4) is 0 Å². The minimum Gasteiger partial charge on any atom is -0.506 e. The molecule has 6 heteroatoms. The number of carbonyl (C=O) groups is 2. The Morgan fingerprint density at radius 2 is 2.12 bits per heavy atom. The van der Waals surface area contributed by atoms with Crippen LogP contribution in [-0.2, 0) is 9.47 Å². The molecule has 0 aliphatic carbocycles. The molecule has 0 heterocycles. The first-order valence-corrected chi connectivity index (χ1v) is 4.93. The van der Waals surface area contributed by atoms with E-state index in [4.69, 9.17) is 0 Å². The Bertz CT molecular complexity index is 430. The number of methoxy groups -OCH3 is 1. The normalized spacial score (nSPS) is 9.53. The molecule has 1 aromatic rings. The zero-order valence-corrected chi connectivity index (χ0v) is 9.52. The van der Waals surface area contributed by atoms with Crippen molar-refractivity contribution in [3.8, 4) is 5.75 Å².